The Morgan fingerprint density at radius 2 is 2.29 bits per heavy atom. The van der Waals surface area contributed by atoms with Crippen LogP contribution >= 0.6 is 15.9 Å². The summed E-state index contributed by atoms with van der Waals surface area (Å²) < 4.78 is 1.05. The molecule has 0 radical (unpaired) electrons. The first-order chi connectivity index (χ1) is 6.74. The highest BCUT2D eigenvalue weighted by atomic mass is 79.9. The minimum atomic E-state index is 0.426. The zero-order valence-corrected chi connectivity index (χ0v) is 9.70. The van der Waals surface area contributed by atoms with Crippen molar-refractivity contribution in [1.82, 2.24) is 4.98 Å². The molecule has 76 valence electrons. The largest absolute Gasteiger partial charge is 0.328 e. The van der Waals surface area contributed by atoms with Gasteiger partial charge in [-0.05, 0) is 59.7 Å². The van der Waals surface area contributed by atoms with Gasteiger partial charge in [-0.2, -0.15) is 0 Å². The quantitative estimate of drug-likeness (QED) is 0.881. The molecular formula is C11H15BrN2. The normalized spacial score (nSPS) is 26.7. The summed E-state index contributed by atoms with van der Waals surface area (Å²) >= 11 is 3.39. The van der Waals surface area contributed by atoms with Crippen LogP contribution in [0.15, 0.2) is 22.8 Å². The molecule has 2 nitrogen and oxygen atoms in total. The fourth-order valence-electron chi connectivity index (χ4n) is 2.12. The van der Waals surface area contributed by atoms with Crippen LogP contribution in [0.1, 0.15) is 25.0 Å². The molecule has 0 aliphatic heterocycles. The Hall–Kier alpha value is -0.410. The first-order valence-electron chi connectivity index (χ1n) is 5.10. The Bertz CT molecular complexity index is 297. The van der Waals surface area contributed by atoms with Crippen molar-refractivity contribution < 1.29 is 0 Å². The van der Waals surface area contributed by atoms with Gasteiger partial charge in [-0.3, -0.25) is 4.98 Å². The number of nitrogens with zero attached hydrogens (tertiary/aromatic N) is 1. The van der Waals surface area contributed by atoms with Crippen molar-refractivity contribution in [3.05, 3.63) is 28.5 Å². The number of nitrogens with two attached hydrogens (primary N) is 1. The Kier molecular flexibility index (Phi) is 3.19. The van der Waals surface area contributed by atoms with Crippen LogP contribution in [-0.4, -0.2) is 11.0 Å². The van der Waals surface area contributed by atoms with Gasteiger partial charge in [0.2, 0.25) is 0 Å². The molecule has 1 saturated carbocycles. The predicted molar refractivity (Wildman–Crippen MR) is 61.0 cm³/mol. The molecule has 2 N–H and O–H groups in total. The van der Waals surface area contributed by atoms with E-state index in [2.05, 4.69) is 33.0 Å². The summed E-state index contributed by atoms with van der Waals surface area (Å²) in [6, 6.07) is 4.57. The van der Waals surface area contributed by atoms with Crippen molar-refractivity contribution in [3.63, 3.8) is 0 Å². The summed E-state index contributed by atoms with van der Waals surface area (Å²) in [7, 11) is 0. The van der Waals surface area contributed by atoms with Crippen LogP contribution in [0.3, 0.4) is 0 Å². The number of aromatic nitrogens is 1. The maximum atomic E-state index is 5.87. The maximum absolute atomic E-state index is 5.87. The van der Waals surface area contributed by atoms with Gasteiger partial charge < -0.3 is 5.73 Å². The molecule has 2 rings (SSSR count). The van der Waals surface area contributed by atoms with Gasteiger partial charge in [-0.15, -0.1) is 0 Å². The number of rotatable bonds is 2. The monoisotopic (exact) mass is 254 g/mol. The lowest BCUT2D eigenvalue weighted by molar-refractivity contribution is 0.528. The summed E-state index contributed by atoms with van der Waals surface area (Å²) in [5, 5.41) is 0. The molecule has 0 amide bonds. The number of pyridine rings is 1. The van der Waals surface area contributed by atoms with E-state index in [-0.39, 0.29) is 0 Å². The Balaban J connectivity index is 1.94. The highest BCUT2D eigenvalue weighted by Gasteiger charge is 2.21. The van der Waals surface area contributed by atoms with Crippen molar-refractivity contribution >= 4 is 15.9 Å². The number of hydrogen-bond donors (Lipinski definition) is 1. The van der Waals surface area contributed by atoms with Crippen molar-refractivity contribution in [2.45, 2.75) is 31.7 Å². The van der Waals surface area contributed by atoms with E-state index in [4.69, 9.17) is 5.73 Å². The van der Waals surface area contributed by atoms with Gasteiger partial charge in [0.05, 0.1) is 0 Å². The van der Waals surface area contributed by atoms with E-state index in [1.807, 2.05) is 6.20 Å². The molecule has 14 heavy (non-hydrogen) atoms. The van der Waals surface area contributed by atoms with Crippen LogP contribution in [0.2, 0.25) is 0 Å². The predicted octanol–water partition coefficient (Wildman–Crippen LogP) is 2.51. The molecule has 1 heterocycles. The maximum Gasteiger partial charge on any atom is 0.0413 e. The van der Waals surface area contributed by atoms with Crippen LogP contribution < -0.4 is 5.73 Å². The highest BCUT2D eigenvalue weighted by Crippen LogP contribution is 2.27. The summed E-state index contributed by atoms with van der Waals surface area (Å²) in [6.07, 6.45) is 6.56. The van der Waals surface area contributed by atoms with E-state index < -0.39 is 0 Å². The number of halogens is 1. The van der Waals surface area contributed by atoms with Crippen LogP contribution in [0, 0.1) is 5.92 Å². The van der Waals surface area contributed by atoms with E-state index in [0.717, 1.165) is 23.2 Å². The smallest absolute Gasteiger partial charge is 0.0413 e. The second kappa shape index (κ2) is 4.41. The van der Waals surface area contributed by atoms with E-state index in [1.165, 1.54) is 18.5 Å². The van der Waals surface area contributed by atoms with Gasteiger partial charge in [0.15, 0.2) is 0 Å². The second-order valence-corrected chi connectivity index (χ2v) is 5.03. The van der Waals surface area contributed by atoms with Gasteiger partial charge in [0, 0.05) is 22.4 Å². The molecule has 1 fully saturated rings. The molecular weight excluding hydrogens is 240 g/mol. The summed E-state index contributed by atoms with van der Waals surface area (Å²) in [4.78, 5) is 4.38. The SMILES string of the molecule is NC1CCC(Cc2ccc(Br)cn2)C1. The van der Waals surface area contributed by atoms with Gasteiger partial charge in [-0.1, -0.05) is 0 Å². The molecule has 1 aromatic rings. The lowest BCUT2D eigenvalue weighted by Gasteiger charge is -2.08. The molecule has 3 heteroatoms. The zero-order valence-electron chi connectivity index (χ0n) is 8.12. The highest BCUT2D eigenvalue weighted by molar-refractivity contribution is 9.10. The fraction of sp³-hybridized carbons (Fsp3) is 0.545. The zero-order chi connectivity index (χ0) is 9.97. The molecule has 1 aliphatic carbocycles. The van der Waals surface area contributed by atoms with E-state index in [1.54, 1.807) is 0 Å². The molecule has 1 aromatic heterocycles. The van der Waals surface area contributed by atoms with Gasteiger partial charge in [0.1, 0.15) is 0 Å². The van der Waals surface area contributed by atoms with Gasteiger partial charge in [0.25, 0.3) is 0 Å². The van der Waals surface area contributed by atoms with Gasteiger partial charge in [-0.25, -0.2) is 0 Å². The minimum absolute atomic E-state index is 0.426. The average Bonchev–Trinajstić information content (AvgIpc) is 2.56. The summed E-state index contributed by atoms with van der Waals surface area (Å²) in [5.74, 6) is 0.749. The molecule has 0 spiro atoms. The first kappa shape index (κ1) is 10.1. The standard InChI is InChI=1S/C11H15BrN2/c12-9-2-4-11(14-7-9)6-8-1-3-10(13)5-8/h2,4,7-8,10H,1,3,5-6,13H2. The molecule has 2 unspecified atom stereocenters. The minimum Gasteiger partial charge on any atom is -0.328 e. The number of hydrogen-bond acceptors (Lipinski definition) is 2. The third kappa shape index (κ3) is 2.55. The lowest BCUT2D eigenvalue weighted by atomic mass is 10.0. The Labute approximate surface area is 93.0 Å². The third-order valence-electron chi connectivity index (χ3n) is 2.87. The molecule has 1 aliphatic rings. The van der Waals surface area contributed by atoms with Crippen LogP contribution in [0.5, 0.6) is 0 Å². The molecule has 0 aromatic carbocycles. The Morgan fingerprint density at radius 1 is 1.43 bits per heavy atom. The van der Waals surface area contributed by atoms with Crippen LogP contribution in [-0.2, 0) is 6.42 Å². The topological polar surface area (TPSA) is 38.9 Å². The fourth-order valence-corrected chi connectivity index (χ4v) is 2.36. The lowest BCUT2D eigenvalue weighted by Crippen LogP contribution is -2.15. The second-order valence-electron chi connectivity index (χ2n) is 4.11. The first-order valence-corrected chi connectivity index (χ1v) is 5.89. The summed E-state index contributed by atoms with van der Waals surface area (Å²) in [6.45, 7) is 0. The van der Waals surface area contributed by atoms with E-state index in [0.29, 0.717) is 6.04 Å². The van der Waals surface area contributed by atoms with Crippen molar-refractivity contribution in [2.24, 2.45) is 11.7 Å². The van der Waals surface area contributed by atoms with Crippen LogP contribution in [0.4, 0.5) is 0 Å². The van der Waals surface area contributed by atoms with Crippen LogP contribution in [0.25, 0.3) is 0 Å². The third-order valence-corrected chi connectivity index (χ3v) is 3.34. The van der Waals surface area contributed by atoms with Gasteiger partial charge >= 0.3 is 0 Å². The Morgan fingerprint density at radius 3 is 2.86 bits per heavy atom. The van der Waals surface area contributed by atoms with E-state index in [9.17, 15) is 0 Å². The molecule has 0 saturated heterocycles. The molecule has 2 atom stereocenters. The van der Waals surface area contributed by atoms with E-state index >= 15 is 0 Å². The molecule has 0 bridgehead atoms. The van der Waals surface area contributed by atoms with Crippen molar-refractivity contribution in [1.29, 1.82) is 0 Å². The van der Waals surface area contributed by atoms with Crippen molar-refractivity contribution in [3.8, 4) is 0 Å². The average molecular weight is 255 g/mol. The summed E-state index contributed by atoms with van der Waals surface area (Å²) in [5.41, 5.74) is 7.06. The van der Waals surface area contributed by atoms with Crippen molar-refractivity contribution in [2.75, 3.05) is 0 Å².